The number of phenolic OH excluding ortho intramolecular Hbond substituents is 1. The average molecular weight is 617 g/mol. The molecule has 5 atom stereocenters. The molecule has 2 heterocycles. The van der Waals surface area contributed by atoms with Gasteiger partial charge in [-0.2, -0.15) is 0 Å². The summed E-state index contributed by atoms with van der Waals surface area (Å²) in [5.74, 6) is -5.56. The minimum Gasteiger partial charge on any atom is -0.508 e. The minimum absolute atomic E-state index is 0.000543. The SMILES string of the molecule is NC(=O)C[C@H](NC(=O)[C@H](CO)NC(=O)[C@@H]1CCCN1C(=O)[C@H](Cc1cnc[nH]1)NC(=O)[C@@H](N)Cc1ccc(O)cc1)C(=O)O. The van der Waals surface area contributed by atoms with Crippen LogP contribution < -0.4 is 27.4 Å². The van der Waals surface area contributed by atoms with Crippen LogP contribution in [0.5, 0.6) is 5.75 Å². The molecule has 17 heteroatoms. The van der Waals surface area contributed by atoms with Gasteiger partial charge in [-0.05, 0) is 37.0 Å². The number of likely N-dealkylation sites (tertiary alicyclic amines) is 1. The van der Waals surface area contributed by atoms with Crippen LogP contribution >= 0.6 is 0 Å². The number of H-pyrrole nitrogens is 1. The second-order valence-corrected chi connectivity index (χ2v) is 10.3. The van der Waals surface area contributed by atoms with Crippen LogP contribution in [0.3, 0.4) is 0 Å². The highest BCUT2D eigenvalue weighted by molar-refractivity contribution is 5.96. The Morgan fingerprint density at radius 2 is 1.68 bits per heavy atom. The number of aliphatic carboxylic acids is 1. The number of phenols is 1. The third-order valence-corrected chi connectivity index (χ3v) is 7.00. The number of hydrogen-bond donors (Lipinski definition) is 9. The monoisotopic (exact) mass is 616 g/mol. The fourth-order valence-corrected chi connectivity index (χ4v) is 4.71. The maximum absolute atomic E-state index is 13.7. The second-order valence-electron chi connectivity index (χ2n) is 10.3. The predicted octanol–water partition coefficient (Wildman–Crippen LogP) is -3.37. The number of carboxylic acids is 1. The zero-order chi connectivity index (χ0) is 32.4. The van der Waals surface area contributed by atoms with E-state index in [1.807, 2.05) is 5.32 Å². The lowest BCUT2D eigenvalue weighted by atomic mass is 10.0. The number of nitrogens with zero attached hydrogens (tertiary/aromatic N) is 2. The van der Waals surface area contributed by atoms with Crippen molar-refractivity contribution in [1.29, 1.82) is 0 Å². The quantitative estimate of drug-likeness (QED) is 0.0951. The number of aromatic hydroxyl groups is 1. The molecule has 1 aliphatic rings. The lowest BCUT2D eigenvalue weighted by Gasteiger charge is -2.30. The van der Waals surface area contributed by atoms with E-state index in [2.05, 4.69) is 20.6 Å². The topological polar surface area (TPSA) is 283 Å². The van der Waals surface area contributed by atoms with Gasteiger partial charge in [0.25, 0.3) is 0 Å². The van der Waals surface area contributed by atoms with E-state index in [0.29, 0.717) is 17.7 Å². The Labute approximate surface area is 251 Å². The van der Waals surface area contributed by atoms with E-state index in [9.17, 15) is 44.1 Å². The summed E-state index contributed by atoms with van der Waals surface area (Å²) in [6, 6.07) is -0.385. The molecular weight excluding hydrogens is 580 g/mol. The number of hydrogen-bond acceptors (Lipinski definition) is 10. The van der Waals surface area contributed by atoms with Gasteiger partial charge in [-0.1, -0.05) is 12.1 Å². The molecule has 1 saturated heterocycles. The van der Waals surface area contributed by atoms with Crippen molar-refractivity contribution < 1.29 is 44.1 Å². The summed E-state index contributed by atoms with van der Waals surface area (Å²) in [6.07, 6.45) is 2.93. The molecule has 1 fully saturated rings. The van der Waals surface area contributed by atoms with Gasteiger partial charge in [0.15, 0.2) is 0 Å². The van der Waals surface area contributed by atoms with Gasteiger partial charge in [-0.15, -0.1) is 0 Å². The first-order chi connectivity index (χ1) is 20.9. The van der Waals surface area contributed by atoms with Crippen molar-refractivity contribution in [3.63, 3.8) is 0 Å². The maximum atomic E-state index is 13.7. The van der Waals surface area contributed by atoms with E-state index >= 15 is 0 Å². The molecular formula is C27H36N8O9. The van der Waals surface area contributed by atoms with Crippen LogP contribution in [0.1, 0.15) is 30.5 Å². The maximum Gasteiger partial charge on any atom is 0.326 e. The molecule has 0 spiro atoms. The highest BCUT2D eigenvalue weighted by atomic mass is 16.4. The van der Waals surface area contributed by atoms with Gasteiger partial charge >= 0.3 is 5.97 Å². The Morgan fingerprint density at radius 3 is 2.27 bits per heavy atom. The Hall–Kier alpha value is -5.03. The van der Waals surface area contributed by atoms with Crippen LogP contribution in [0.2, 0.25) is 0 Å². The molecule has 238 valence electrons. The summed E-state index contributed by atoms with van der Waals surface area (Å²) in [5.41, 5.74) is 12.3. The van der Waals surface area contributed by atoms with Crippen LogP contribution in [-0.4, -0.2) is 109 Å². The van der Waals surface area contributed by atoms with Crippen molar-refractivity contribution in [3.05, 3.63) is 48.0 Å². The van der Waals surface area contributed by atoms with Gasteiger partial charge < -0.3 is 52.6 Å². The number of aliphatic hydroxyl groups excluding tert-OH is 1. The van der Waals surface area contributed by atoms with Crippen LogP contribution in [0, 0.1) is 0 Å². The lowest BCUT2D eigenvalue weighted by molar-refractivity contribution is -0.144. The van der Waals surface area contributed by atoms with E-state index < -0.39 is 78.7 Å². The Balaban J connectivity index is 1.71. The molecule has 0 aliphatic carbocycles. The average Bonchev–Trinajstić information content (AvgIpc) is 3.68. The zero-order valence-electron chi connectivity index (χ0n) is 23.6. The van der Waals surface area contributed by atoms with E-state index in [1.54, 1.807) is 12.1 Å². The highest BCUT2D eigenvalue weighted by Crippen LogP contribution is 2.20. The number of nitrogens with one attached hydrogen (secondary N) is 4. The van der Waals surface area contributed by atoms with Gasteiger partial charge in [-0.3, -0.25) is 24.0 Å². The Bertz CT molecular complexity index is 1340. The summed E-state index contributed by atoms with van der Waals surface area (Å²) < 4.78 is 0. The number of imidazole rings is 1. The summed E-state index contributed by atoms with van der Waals surface area (Å²) in [6.45, 7) is -0.750. The number of benzene rings is 1. The van der Waals surface area contributed by atoms with Crippen molar-refractivity contribution in [2.45, 2.75) is 62.3 Å². The van der Waals surface area contributed by atoms with Crippen LogP contribution in [0.15, 0.2) is 36.8 Å². The van der Waals surface area contributed by atoms with Crippen LogP contribution in [0.4, 0.5) is 0 Å². The number of rotatable bonds is 15. The normalized spacial score (nSPS) is 17.1. The molecule has 0 bridgehead atoms. The fraction of sp³-hybridized carbons (Fsp3) is 0.444. The highest BCUT2D eigenvalue weighted by Gasteiger charge is 2.39. The van der Waals surface area contributed by atoms with Crippen molar-refractivity contribution in [2.24, 2.45) is 11.5 Å². The van der Waals surface area contributed by atoms with E-state index in [1.165, 1.54) is 29.6 Å². The number of amides is 5. The van der Waals surface area contributed by atoms with Gasteiger partial charge in [0.05, 0.1) is 25.4 Å². The molecule has 1 aromatic heterocycles. The molecule has 0 saturated carbocycles. The fourth-order valence-electron chi connectivity index (χ4n) is 4.71. The molecule has 0 radical (unpaired) electrons. The molecule has 1 aliphatic heterocycles. The third-order valence-electron chi connectivity index (χ3n) is 7.00. The molecule has 11 N–H and O–H groups in total. The number of aromatic amines is 1. The first kappa shape index (κ1) is 33.5. The first-order valence-electron chi connectivity index (χ1n) is 13.7. The van der Waals surface area contributed by atoms with E-state index in [4.69, 9.17) is 11.5 Å². The van der Waals surface area contributed by atoms with Crippen molar-refractivity contribution in [1.82, 2.24) is 30.8 Å². The largest absolute Gasteiger partial charge is 0.508 e. The molecule has 17 nitrogen and oxygen atoms in total. The van der Waals surface area contributed by atoms with Crippen molar-refractivity contribution in [3.8, 4) is 5.75 Å². The van der Waals surface area contributed by atoms with Crippen LogP contribution in [0.25, 0.3) is 0 Å². The number of aromatic nitrogens is 2. The van der Waals surface area contributed by atoms with Crippen molar-refractivity contribution in [2.75, 3.05) is 13.2 Å². The smallest absolute Gasteiger partial charge is 0.326 e. The number of nitrogens with two attached hydrogens (primary N) is 2. The minimum atomic E-state index is -1.68. The first-order valence-corrected chi connectivity index (χ1v) is 13.7. The van der Waals surface area contributed by atoms with Gasteiger partial charge in [0.1, 0.15) is 29.9 Å². The number of primary amides is 1. The Kier molecular flexibility index (Phi) is 11.7. The van der Waals surface area contributed by atoms with Crippen molar-refractivity contribution >= 4 is 35.5 Å². The standard InChI is InChI=1S/C27H36N8O9/c28-17(8-14-3-5-16(37)6-4-14)23(39)32-18(9-15-11-30-13-31-15)26(42)35-7-1-2-21(35)25(41)34-20(12-36)24(40)33-19(27(43)44)10-22(29)38/h3-6,11,13,17-21,36-37H,1-2,7-10,12,28H2,(H2,29,38)(H,30,31)(H,32,39)(H,33,40)(H,34,41)(H,43,44)/t17-,18-,19-,20-,21-/m0/s1. The molecule has 1 aromatic carbocycles. The molecule has 3 rings (SSSR count). The Morgan fingerprint density at radius 1 is 1.00 bits per heavy atom. The van der Waals surface area contributed by atoms with Gasteiger partial charge in [0.2, 0.25) is 29.5 Å². The summed E-state index contributed by atoms with van der Waals surface area (Å²) in [5, 5.41) is 35.5. The van der Waals surface area contributed by atoms with E-state index in [0.717, 1.165) is 0 Å². The summed E-state index contributed by atoms with van der Waals surface area (Å²) in [4.78, 5) is 83.1. The zero-order valence-corrected chi connectivity index (χ0v) is 23.6. The summed E-state index contributed by atoms with van der Waals surface area (Å²) in [7, 11) is 0. The molecule has 5 amide bonds. The predicted molar refractivity (Wildman–Crippen MR) is 151 cm³/mol. The van der Waals surface area contributed by atoms with Gasteiger partial charge in [0, 0.05) is 24.9 Å². The third kappa shape index (κ3) is 9.23. The van der Waals surface area contributed by atoms with Gasteiger partial charge in [-0.25, -0.2) is 9.78 Å². The molecule has 2 aromatic rings. The second kappa shape index (κ2) is 15.4. The number of aliphatic hydroxyl groups is 1. The lowest BCUT2D eigenvalue weighted by Crippen LogP contribution is -2.59. The molecule has 44 heavy (non-hydrogen) atoms. The number of carboxylic acid groups (broad SMARTS) is 1. The summed E-state index contributed by atoms with van der Waals surface area (Å²) >= 11 is 0. The number of carbonyl (C=O) groups excluding carboxylic acids is 5. The number of carbonyl (C=O) groups is 6. The van der Waals surface area contributed by atoms with E-state index in [-0.39, 0.29) is 31.6 Å². The molecule has 0 unspecified atom stereocenters. The van der Waals surface area contributed by atoms with Crippen LogP contribution in [-0.2, 0) is 41.6 Å².